The van der Waals surface area contributed by atoms with E-state index in [4.69, 9.17) is 14.3 Å². The molecule has 122 valence electrons. The Kier molecular flexibility index (Phi) is 5.13. The van der Waals surface area contributed by atoms with E-state index in [1.54, 1.807) is 13.0 Å². The summed E-state index contributed by atoms with van der Waals surface area (Å²) in [5.74, 6) is -2.12. The molecule has 23 heavy (non-hydrogen) atoms. The number of rotatable bonds is 6. The lowest BCUT2D eigenvalue weighted by Crippen LogP contribution is -2.17. The molecule has 0 unspecified atom stereocenters. The number of aryl methyl sites for hydroxylation is 1. The zero-order valence-electron chi connectivity index (χ0n) is 12.7. The van der Waals surface area contributed by atoms with E-state index >= 15 is 0 Å². The Balaban J connectivity index is 2.32. The first-order valence-corrected chi connectivity index (χ1v) is 6.80. The summed E-state index contributed by atoms with van der Waals surface area (Å²) in [5.41, 5.74) is 1.12. The smallest absolute Gasteiger partial charge is 0.311 e. The lowest BCUT2D eigenvalue weighted by Gasteiger charge is -2.11. The van der Waals surface area contributed by atoms with E-state index in [1.807, 2.05) is 0 Å². The molecule has 1 aromatic heterocycles. The highest BCUT2D eigenvalue weighted by atomic mass is 19.1. The van der Waals surface area contributed by atoms with Crippen LogP contribution in [0.2, 0.25) is 0 Å². The van der Waals surface area contributed by atoms with Gasteiger partial charge in [0.05, 0.1) is 18.4 Å². The molecule has 0 bridgehead atoms. The van der Waals surface area contributed by atoms with Crippen molar-refractivity contribution in [1.82, 2.24) is 0 Å². The number of ether oxygens (including phenoxy) is 1. The molecule has 1 amide bonds. The van der Waals surface area contributed by atoms with Crippen LogP contribution in [0.15, 0.2) is 28.9 Å². The molecule has 1 heterocycles. The minimum atomic E-state index is -1.11. The van der Waals surface area contributed by atoms with Crippen LogP contribution >= 0.6 is 0 Å². The summed E-state index contributed by atoms with van der Waals surface area (Å²) in [7, 11) is 1.42. The number of hydrogen-bond acceptors (Lipinski definition) is 4. The van der Waals surface area contributed by atoms with Crippen molar-refractivity contribution in [1.29, 1.82) is 0 Å². The monoisotopic (exact) mass is 321 g/mol. The molecule has 2 aromatic rings. The van der Waals surface area contributed by atoms with E-state index < -0.39 is 24.1 Å². The highest BCUT2D eigenvalue weighted by Gasteiger charge is 2.21. The van der Waals surface area contributed by atoms with Crippen molar-refractivity contribution in [3.05, 3.63) is 52.7 Å². The quantitative estimate of drug-likeness (QED) is 0.854. The maximum atomic E-state index is 13.8. The Morgan fingerprint density at radius 3 is 2.78 bits per heavy atom. The lowest BCUT2D eigenvalue weighted by molar-refractivity contribution is -0.136. The van der Waals surface area contributed by atoms with E-state index in [9.17, 15) is 14.0 Å². The third kappa shape index (κ3) is 3.75. The molecule has 0 fully saturated rings. The third-order valence-corrected chi connectivity index (χ3v) is 3.25. The van der Waals surface area contributed by atoms with Crippen LogP contribution in [0.1, 0.15) is 27.2 Å². The van der Waals surface area contributed by atoms with Gasteiger partial charge in [-0.3, -0.25) is 9.59 Å². The molecule has 2 N–H and O–H groups in total. The fraction of sp³-hybridized carbons (Fsp3) is 0.250. The van der Waals surface area contributed by atoms with Crippen LogP contribution in [-0.2, 0) is 22.6 Å². The van der Waals surface area contributed by atoms with E-state index in [1.165, 1.54) is 25.5 Å². The Hall–Kier alpha value is -2.67. The summed E-state index contributed by atoms with van der Waals surface area (Å²) in [6, 6.07) is 4.27. The van der Waals surface area contributed by atoms with Crippen molar-refractivity contribution in [2.45, 2.75) is 20.0 Å². The first-order chi connectivity index (χ1) is 10.9. The molecule has 7 heteroatoms. The molecule has 1 aromatic carbocycles. The molecule has 0 atom stereocenters. The van der Waals surface area contributed by atoms with Crippen LogP contribution < -0.4 is 5.32 Å². The van der Waals surface area contributed by atoms with Crippen LogP contribution in [-0.4, -0.2) is 24.1 Å². The van der Waals surface area contributed by atoms with Gasteiger partial charge in [0.15, 0.2) is 0 Å². The van der Waals surface area contributed by atoms with E-state index in [0.717, 1.165) is 0 Å². The standard InChI is InChI=1S/C16H16FNO5/c1-9-7-23-13(6-14(19)20)15(9)16(21)18-12-5-3-4-11(17)10(12)8-22-2/h3-5,7H,6,8H2,1-2H3,(H,18,21)(H,19,20). The molecular weight excluding hydrogens is 305 g/mol. The van der Waals surface area contributed by atoms with Gasteiger partial charge in [0.25, 0.3) is 5.91 Å². The van der Waals surface area contributed by atoms with Crippen LogP contribution in [0, 0.1) is 12.7 Å². The number of furan rings is 1. The van der Waals surface area contributed by atoms with Crippen molar-refractivity contribution in [3.63, 3.8) is 0 Å². The number of anilines is 1. The van der Waals surface area contributed by atoms with Crippen molar-refractivity contribution < 1.29 is 28.2 Å². The predicted molar refractivity (Wildman–Crippen MR) is 79.9 cm³/mol. The highest BCUT2D eigenvalue weighted by Crippen LogP contribution is 2.23. The van der Waals surface area contributed by atoms with Crippen molar-refractivity contribution >= 4 is 17.6 Å². The first-order valence-electron chi connectivity index (χ1n) is 6.80. The van der Waals surface area contributed by atoms with Gasteiger partial charge >= 0.3 is 5.97 Å². The Morgan fingerprint density at radius 2 is 2.13 bits per heavy atom. The molecule has 6 nitrogen and oxygen atoms in total. The van der Waals surface area contributed by atoms with E-state index in [2.05, 4.69) is 5.32 Å². The summed E-state index contributed by atoms with van der Waals surface area (Å²) < 4.78 is 23.9. The molecule has 2 rings (SSSR count). The maximum Gasteiger partial charge on any atom is 0.311 e. The number of methoxy groups -OCH3 is 1. The maximum absolute atomic E-state index is 13.8. The largest absolute Gasteiger partial charge is 0.481 e. The number of amides is 1. The number of benzene rings is 1. The highest BCUT2D eigenvalue weighted by molar-refractivity contribution is 6.06. The number of halogens is 1. The number of hydrogen-bond donors (Lipinski definition) is 2. The number of carboxylic acid groups (broad SMARTS) is 1. The summed E-state index contributed by atoms with van der Waals surface area (Å²) in [5, 5.41) is 11.4. The minimum absolute atomic E-state index is 0.00532. The second kappa shape index (κ2) is 7.06. The van der Waals surface area contributed by atoms with Crippen molar-refractivity contribution in [2.24, 2.45) is 0 Å². The summed E-state index contributed by atoms with van der Waals surface area (Å²) in [4.78, 5) is 23.3. The second-order valence-electron chi connectivity index (χ2n) is 4.94. The SMILES string of the molecule is COCc1c(F)cccc1NC(=O)c1c(C)coc1CC(=O)O. The van der Waals surface area contributed by atoms with Crippen LogP contribution in [0.4, 0.5) is 10.1 Å². The Labute approximate surface area is 131 Å². The minimum Gasteiger partial charge on any atom is -0.481 e. The number of carbonyl (C=O) groups excluding carboxylic acids is 1. The van der Waals surface area contributed by atoms with Gasteiger partial charge in [-0.1, -0.05) is 6.07 Å². The average molecular weight is 321 g/mol. The van der Waals surface area contributed by atoms with Crippen LogP contribution in [0.5, 0.6) is 0 Å². The van der Waals surface area contributed by atoms with Crippen LogP contribution in [0.25, 0.3) is 0 Å². The number of carboxylic acids is 1. The Morgan fingerprint density at radius 1 is 1.39 bits per heavy atom. The molecule has 0 radical (unpaired) electrons. The van der Waals surface area contributed by atoms with Gasteiger partial charge in [-0.25, -0.2) is 4.39 Å². The number of carbonyl (C=O) groups is 2. The summed E-state index contributed by atoms with van der Waals surface area (Å²) in [6.45, 7) is 1.63. The summed E-state index contributed by atoms with van der Waals surface area (Å²) in [6.07, 6.45) is 0.902. The molecule has 0 saturated heterocycles. The van der Waals surface area contributed by atoms with E-state index in [0.29, 0.717) is 5.56 Å². The zero-order valence-corrected chi connectivity index (χ0v) is 12.7. The Bertz CT molecular complexity index is 738. The number of nitrogens with one attached hydrogen (secondary N) is 1. The van der Waals surface area contributed by atoms with Gasteiger partial charge in [0, 0.05) is 23.9 Å². The fourth-order valence-electron chi connectivity index (χ4n) is 2.22. The van der Waals surface area contributed by atoms with Crippen LogP contribution in [0.3, 0.4) is 0 Å². The third-order valence-electron chi connectivity index (χ3n) is 3.25. The zero-order chi connectivity index (χ0) is 17.0. The van der Waals surface area contributed by atoms with Crippen molar-refractivity contribution in [2.75, 3.05) is 12.4 Å². The lowest BCUT2D eigenvalue weighted by atomic mass is 10.1. The molecule has 0 spiro atoms. The topological polar surface area (TPSA) is 88.8 Å². The van der Waals surface area contributed by atoms with Gasteiger partial charge < -0.3 is 19.6 Å². The first kappa shape index (κ1) is 16.7. The molecular formula is C16H16FNO5. The van der Waals surface area contributed by atoms with Gasteiger partial charge in [0.1, 0.15) is 18.0 Å². The van der Waals surface area contributed by atoms with Gasteiger partial charge in [-0.2, -0.15) is 0 Å². The molecule has 0 aliphatic rings. The second-order valence-corrected chi connectivity index (χ2v) is 4.94. The fourth-order valence-corrected chi connectivity index (χ4v) is 2.22. The average Bonchev–Trinajstić information content (AvgIpc) is 2.82. The molecule has 0 aliphatic carbocycles. The number of aliphatic carboxylic acids is 1. The van der Waals surface area contributed by atoms with Gasteiger partial charge in [-0.15, -0.1) is 0 Å². The predicted octanol–water partition coefficient (Wildman–Crippen LogP) is 2.75. The van der Waals surface area contributed by atoms with Gasteiger partial charge in [-0.05, 0) is 19.1 Å². The molecule has 0 saturated carbocycles. The van der Waals surface area contributed by atoms with Crippen molar-refractivity contribution in [3.8, 4) is 0 Å². The van der Waals surface area contributed by atoms with Gasteiger partial charge in [0.2, 0.25) is 0 Å². The normalized spacial score (nSPS) is 10.6. The summed E-state index contributed by atoms with van der Waals surface area (Å²) >= 11 is 0. The molecule has 0 aliphatic heterocycles. The van der Waals surface area contributed by atoms with E-state index in [-0.39, 0.29) is 29.2 Å².